The summed E-state index contributed by atoms with van der Waals surface area (Å²) >= 11 is 3.49. The Kier molecular flexibility index (Phi) is 3.97. The number of hydrogen-bond acceptors (Lipinski definition) is 3. The molecule has 0 aliphatic carbocycles. The lowest BCUT2D eigenvalue weighted by Crippen LogP contribution is -2.26. The van der Waals surface area contributed by atoms with Gasteiger partial charge in [0.2, 0.25) is 0 Å². The molecule has 0 aromatic heterocycles. The molecule has 4 heteroatoms. The maximum atomic E-state index is 11.9. The summed E-state index contributed by atoms with van der Waals surface area (Å²) in [6, 6.07) is 13.8. The van der Waals surface area contributed by atoms with Crippen LogP contribution in [0.25, 0.3) is 0 Å². The van der Waals surface area contributed by atoms with E-state index in [1.54, 1.807) is 6.92 Å². The molecule has 108 valence electrons. The third kappa shape index (κ3) is 2.95. The quantitative estimate of drug-likeness (QED) is 0.769. The van der Waals surface area contributed by atoms with E-state index in [2.05, 4.69) is 26.9 Å². The Hall–Kier alpha value is -1.81. The van der Waals surface area contributed by atoms with Crippen molar-refractivity contribution in [2.45, 2.75) is 13.5 Å². The molecule has 0 radical (unpaired) electrons. The minimum absolute atomic E-state index is 0.0796. The van der Waals surface area contributed by atoms with Crippen LogP contribution in [-0.2, 0) is 6.54 Å². The van der Waals surface area contributed by atoms with E-state index in [1.165, 1.54) is 0 Å². The van der Waals surface area contributed by atoms with Crippen LogP contribution >= 0.6 is 15.9 Å². The number of anilines is 1. The summed E-state index contributed by atoms with van der Waals surface area (Å²) in [5.74, 6) is 1.01. The summed E-state index contributed by atoms with van der Waals surface area (Å²) in [6.07, 6.45) is 0. The zero-order chi connectivity index (χ0) is 14.8. The molecule has 1 aliphatic rings. The second-order valence-corrected chi connectivity index (χ2v) is 6.01. The van der Waals surface area contributed by atoms with Crippen LogP contribution in [0.15, 0.2) is 46.9 Å². The van der Waals surface area contributed by atoms with E-state index in [1.807, 2.05) is 36.4 Å². The second-order valence-electron chi connectivity index (χ2n) is 5.10. The normalized spacial score (nSPS) is 14.1. The standard InChI is InChI=1S/C17H16BrNO2/c1-12(20)15-7-6-14(18)10-16(15)19-8-9-21-17-5-3-2-4-13(17)11-19/h2-7,10H,8-9,11H2,1H3. The average molecular weight is 346 g/mol. The molecule has 2 aromatic rings. The maximum absolute atomic E-state index is 11.9. The lowest BCUT2D eigenvalue weighted by molar-refractivity contribution is 0.101. The summed E-state index contributed by atoms with van der Waals surface area (Å²) in [6.45, 7) is 3.72. The number of ether oxygens (including phenoxy) is 1. The SMILES string of the molecule is CC(=O)c1ccc(Br)cc1N1CCOc2ccccc2C1. The molecule has 0 atom stereocenters. The van der Waals surface area contributed by atoms with Crippen molar-refractivity contribution in [1.29, 1.82) is 0 Å². The smallest absolute Gasteiger partial charge is 0.161 e. The van der Waals surface area contributed by atoms with Crippen LogP contribution in [0.4, 0.5) is 5.69 Å². The topological polar surface area (TPSA) is 29.5 Å². The summed E-state index contributed by atoms with van der Waals surface area (Å²) in [5, 5.41) is 0. The van der Waals surface area contributed by atoms with Gasteiger partial charge in [-0.2, -0.15) is 0 Å². The summed E-state index contributed by atoms with van der Waals surface area (Å²) in [5.41, 5.74) is 2.85. The van der Waals surface area contributed by atoms with Crippen molar-refractivity contribution in [3.8, 4) is 5.75 Å². The molecule has 0 bridgehead atoms. The molecule has 3 rings (SSSR count). The van der Waals surface area contributed by atoms with Crippen LogP contribution in [-0.4, -0.2) is 18.9 Å². The monoisotopic (exact) mass is 345 g/mol. The molecule has 3 nitrogen and oxygen atoms in total. The number of para-hydroxylation sites is 1. The third-order valence-electron chi connectivity index (χ3n) is 3.63. The van der Waals surface area contributed by atoms with Gasteiger partial charge in [-0.15, -0.1) is 0 Å². The molecular weight excluding hydrogens is 330 g/mol. The van der Waals surface area contributed by atoms with E-state index in [-0.39, 0.29) is 5.78 Å². The van der Waals surface area contributed by atoms with E-state index in [9.17, 15) is 4.79 Å². The van der Waals surface area contributed by atoms with Gasteiger partial charge in [0.05, 0.1) is 6.54 Å². The first-order valence-electron chi connectivity index (χ1n) is 6.91. The van der Waals surface area contributed by atoms with E-state index < -0.39 is 0 Å². The van der Waals surface area contributed by atoms with Crippen LogP contribution in [0, 0.1) is 0 Å². The van der Waals surface area contributed by atoms with Crippen LogP contribution in [0.5, 0.6) is 5.75 Å². The molecule has 0 fully saturated rings. The van der Waals surface area contributed by atoms with Crippen molar-refractivity contribution in [1.82, 2.24) is 0 Å². The Morgan fingerprint density at radius 1 is 1.24 bits per heavy atom. The fourth-order valence-electron chi connectivity index (χ4n) is 2.60. The number of halogens is 1. The molecule has 2 aromatic carbocycles. The van der Waals surface area contributed by atoms with Crippen molar-refractivity contribution in [2.24, 2.45) is 0 Å². The number of rotatable bonds is 2. The average Bonchev–Trinajstić information content (AvgIpc) is 2.68. The minimum atomic E-state index is 0.0796. The third-order valence-corrected chi connectivity index (χ3v) is 4.13. The fraction of sp³-hybridized carbons (Fsp3) is 0.235. The zero-order valence-electron chi connectivity index (χ0n) is 11.8. The molecule has 0 N–H and O–H groups in total. The number of hydrogen-bond donors (Lipinski definition) is 0. The van der Waals surface area contributed by atoms with E-state index in [0.29, 0.717) is 6.61 Å². The molecule has 0 spiro atoms. The fourth-order valence-corrected chi connectivity index (χ4v) is 2.94. The number of Topliss-reactive ketones (excluding diaryl/α,β-unsaturated/α-hetero) is 1. The van der Waals surface area contributed by atoms with Crippen molar-refractivity contribution in [2.75, 3.05) is 18.1 Å². The lowest BCUT2D eigenvalue weighted by atomic mass is 10.1. The number of ketones is 1. The van der Waals surface area contributed by atoms with Gasteiger partial charge in [-0.25, -0.2) is 0 Å². The second kappa shape index (κ2) is 5.90. The number of fused-ring (bicyclic) bond motifs is 1. The highest BCUT2D eigenvalue weighted by molar-refractivity contribution is 9.10. The number of nitrogens with zero attached hydrogens (tertiary/aromatic N) is 1. The molecule has 21 heavy (non-hydrogen) atoms. The van der Waals surface area contributed by atoms with Gasteiger partial charge in [-0.05, 0) is 31.2 Å². The summed E-state index contributed by atoms with van der Waals surface area (Å²) in [7, 11) is 0. The molecule has 0 unspecified atom stereocenters. The largest absolute Gasteiger partial charge is 0.491 e. The molecule has 0 saturated carbocycles. The first-order chi connectivity index (χ1) is 10.1. The van der Waals surface area contributed by atoms with Gasteiger partial charge >= 0.3 is 0 Å². The number of carbonyl (C=O) groups is 1. The maximum Gasteiger partial charge on any atom is 0.161 e. The van der Waals surface area contributed by atoms with Gasteiger partial charge in [0.25, 0.3) is 0 Å². The first-order valence-corrected chi connectivity index (χ1v) is 7.70. The highest BCUT2D eigenvalue weighted by Crippen LogP contribution is 2.30. The van der Waals surface area contributed by atoms with Crippen LogP contribution < -0.4 is 9.64 Å². The highest BCUT2D eigenvalue weighted by Gasteiger charge is 2.19. The van der Waals surface area contributed by atoms with Crippen LogP contribution in [0.3, 0.4) is 0 Å². The lowest BCUT2D eigenvalue weighted by Gasteiger charge is -2.24. The summed E-state index contributed by atoms with van der Waals surface area (Å²) in [4.78, 5) is 14.1. The first kappa shape index (κ1) is 14.1. The number of carbonyl (C=O) groups excluding carboxylic acids is 1. The van der Waals surface area contributed by atoms with Gasteiger partial charge < -0.3 is 9.64 Å². The number of benzene rings is 2. The van der Waals surface area contributed by atoms with Gasteiger partial charge in [0.15, 0.2) is 5.78 Å². The molecule has 0 saturated heterocycles. The van der Waals surface area contributed by atoms with E-state index in [0.717, 1.165) is 40.1 Å². The zero-order valence-corrected chi connectivity index (χ0v) is 13.4. The van der Waals surface area contributed by atoms with Crippen molar-refractivity contribution in [3.63, 3.8) is 0 Å². The Balaban J connectivity index is 2.01. The Morgan fingerprint density at radius 2 is 2.05 bits per heavy atom. The highest BCUT2D eigenvalue weighted by atomic mass is 79.9. The Labute approximate surface area is 132 Å². The van der Waals surface area contributed by atoms with Gasteiger partial charge in [-0.3, -0.25) is 4.79 Å². The molecule has 0 amide bonds. The summed E-state index contributed by atoms with van der Waals surface area (Å²) < 4.78 is 6.77. The van der Waals surface area contributed by atoms with Crippen molar-refractivity contribution < 1.29 is 9.53 Å². The molecule has 1 aliphatic heterocycles. The van der Waals surface area contributed by atoms with Crippen LogP contribution in [0.2, 0.25) is 0 Å². The van der Waals surface area contributed by atoms with E-state index in [4.69, 9.17) is 4.74 Å². The Morgan fingerprint density at radius 3 is 2.86 bits per heavy atom. The van der Waals surface area contributed by atoms with Crippen molar-refractivity contribution in [3.05, 3.63) is 58.1 Å². The Bertz CT molecular complexity index is 684. The van der Waals surface area contributed by atoms with Gasteiger partial charge in [0.1, 0.15) is 12.4 Å². The van der Waals surface area contributed by atoms with E-state index >= 15 is 0 Å². The van der Waals surface area contributed by atoms with Gasteiger partial charge in [0, 0.05) is 27.8 Å². The van der Waals surface area contributed by atoms with Gasteiger partial charge in [-0.1, -0.05) is 34.1 Å². The predicted octanol–water partition coefficient (Wildman–Crippen LogP) is 4.05. The molecule has 1 heterocycles. The predicted molar refractivity (Wildman–Crippen MR) is 87.1 cm³/mol. The van der Waals surface area contributed by atoms with Crippen LogP contribution in [0.1, 0.15) is 22.8 Å². The minimum Gasteiger partial charge on any atom is -0.491 e. The molecular formula is C17H16BrNO2. The van der Waals surface area contributed by atoms with Crippen molar-refractivity contribution >= 4 is 27.4 Å².